The Hall–Kier alpha value is -2.41. The first-order valence-corrected chi connectivity index (χ1v) is 9.43. The number of hydrogen-bond acceptors (Lipinski definition) is 5. The molecular formula is C19H25N5O2. The Morgan fingerprint density at radius 3 is 2.62 bits per heavy atom. The van der Waals surface area contributed by atoms with Gasteiger partial charge in [0, 0.05) is 39.1 Å². The Bertz CT molecular complexity index is 780. The van der Waals surface area contributed by atoms with Crippen LogP contribution in [0.4, 0.5) is 0 Å². The third-order valence-electron chi connectivity index (χ3n) is 5.35. The van der Waals surface area contributed by atoms with Gasteiger partial charge in [-0.3, -0.25) is 9.69 Å². The average Bonchev–Trinajstić information content (AvgIpc) is 2.89. The van der Waals surface area contributed by atoms with Crippen molar-refractivity contribution >= 4 is 5.91 Å². The maximum Gasteiger partial charge on any atom is 0.257 e. The van der Waals surface area contributed by atoms with Gasteiger partial charge in [-0.15, -0.1) is 10.2 Å². The molecule has 1 saturated heterocycles. The normalized spacial score (nSPS) is 18.4. The highest BCUT2D eigenvalue weighted by Crippen LogP contribution is 2.20. The summed E-state index contributed by atoms with van der Waals surface area (Å²) >= 11 is 0. The molecule has 26 heavy (non-hydrogen) atoms. The van der Waals surface area contributed by atoms with Crippen molar-refractivity contribution in [2.75, 3.05) is 26.2 Å². The molecule has 0 spiro atoms. The maximum atomic E-state index is 12.6. The van der Waals surface area contributed by atoms with Crippen molar-refractivity contribution < 1.29 is 9.90 Å². The molecule has 7 nitrogen and oxygen atoms in total. The van der Waals surface area contributed by atoms with Crippen LogP contribution in [-0.4, -0.2) is 61.8 Å². The highest BCUT2D eigenvalue weighted by molar-refractivity contribution is 5.96. The zero-order valence-electron chi connectivity index (χ0n) is 15.0. The molecule has 0 aliphatic carbocycles. The minimum atomic E-state index is -0.0981. The van der Waals surface area contributed by atoms with Crippen LogP contribution in [0.15, 0.2) is 24.3 Å². The van der Waals surface area contributed by atoms with E-state index in [0.717, 1.165) is 44.2 Å². The number of para-hydroxylation sites is 1. The molecule has 1 aromatic carbocycles. The van der Waals surface area contributed by atoms with Crippen LogP contribution < -0.4 is 0 Å². The number of nitrogens with zero attached hydrogens (tertiary/aromatic N) is 5. The van der Waals surface area contributed by atoms with E-state index >= 15 is 0 Å². The van der Waals surface area contributed by atoms with Crippen molar-refractivity contribution in [3.8, 4) is 5.75 Å². The lowest BCUT2D eigenvalue weighted by molar-refractivity contribution is 0.0621. The maximum absolute atomic E-state index is 12.6. The van der Waals surface area contributed by atoms with Crippen molar-refractivity contribution in [1.82, 2.24) is 24.6 Å². The lowest BCUT2D eigenvalue weighted by Gasteiger charge is -2.34. The summed E-state index contributed by atoms with van der Waals surface area (Å²) in [5, 5.41) is 18.7. The SMILES string of the molecule is O=C(c1ccccc1O)N1CCN(Cc2nnc3n2CCCCC3)CC1. The Morgan fingerprint density at radius 2 is 1.81 bits per heavy atom. The van der Waals surface area contributed by atoms with E-state index in [4.69, 9.17) is 0 Å². The van der Waals surface area contributed by atoms with Gasteiger partial charge in [0.05, 0.1) is 12.1 Å². The highest BCUT2D eigenvalue weighted by Gasteiger charge is 2.25. The first kappa shape index (κ1) is 17.0. The van der Waals surface area contributed by atoms with Crippen molar-refractivity contribution in [2.45, 2.75) is 38.8 Å². The number of fused-ring (bicyclic) bond motifs is 1. The monoisotopic (exact) mass is 355 g/mol. The van der Waals surface area contributed by atoms with Crippen LogP contribution in [-0.2, 0) is 19.5 Å². The lowest BCUT2D eigenvalue weighted by atomic mass is 10.1. The number of benzene rings is 1. The molecule has 7 heteroatoms. The zero-order chi connectivity index (χ0) is 17.9. The number of phenols is 1. The molecule has 2 aliphatic heterocycles. The number of piperazine rings is 1. The number of carbonyl (C=O) groups is 1. The van der Waals surface area contributed by atoms with E-state index in [1.54, 1.807) is 24.3 Å². The van der Waals surface area contributed by atoms with Gasteiger partial charge in [0.2, 0.25) is 0 Å². The third-order valence-corrected chi connectivity index (χ3v) is 5.35. The van der Waals surface area contributed by atoms with Gasteiger partial charge < -0.3 is 14.6 Å². The van der Waals surface area contributed by atoms with E-state index in [9.17, 15) is 9.90 Å². The van der Waals surface area contributed by atoms with E-state index in [1.807, 2.05) is 4.90 Å². The van der Waals surface area contributed by atoms with Gasteiger partial charge in [0.15, 0.2) is 0 Å². The number of aromatic nitrogens is 3. The molecule has 1 amide bonds. The average molecular weight is 355 g/mol. The highest BCUT2D eigenvalue weighted by atomic mass is 16.3. The Labute approximate surface area is 153 Å². The van der Waals surface area contributed by atoms with Crippen LogP contribution in [0.1, 0.15) is 41.3 Å². The van der Waals surface area contributed by atoms with Gasteiger partial charge in [0.25, 0.3) is 5.91 Å². The zero-order valence-corrected chi connectivity index (χ0v) is 15.0. The fourth-order valence-corrected chi connectivity index (χ4v) is 3.80. The summed E-state index contributed by atoms with van der Waals surface area (Å²) in [6.45, 7) is 4.74. The molecule has 0 unspecified atom stereocenters. The van der Waals surface area contributed by atoms with Gasteiger partial charge >= 0.3 is 0 Å². The fourth-order valence-electron chi connectivity index (χ4n) is 3.80. The summed E-state index contributed by atoms with van der Waals surface area (Å²) in [6, 6.07) is 6.74. The summed E-state index contributed by atoms with van der Waals surface area (Å²) in [4.78, 5) is 16.7. The van der Waals surface area contributed by atoms with Gasteiger partial charge in [0.1, 0.15) is 17.4 Å². The number of aromatic hydroxyl groups is 1. The Morgan fingerprint density at radius 1 is 1.00 bits per heavy atom. The molecule has 1 aromatic heterocycles. The summed E-state index contributed by atoms with van der Waals surface area (Å²) in [5.41, 5.74) is 0.378. The van der Waals surface area contributed by atoms with Gasteiger partial charge in [-0.1, -0.05) is 18.6 Å². The quantitative estimate of drug-likeness (QED) is 0.906. The van der Waals surface area contributed by atoms with Crippen LogP contribution >= 0.6 is 0 Å². The predicted molar refractivity (Wildman–Crippen MR) is 96.9 cm³/mol. The van der Waals surface area contributed by atoms with Crippen molar-refractivity contribution in [3.05, 3.63) is 41.5 Å². The molecule has 3 heterocycles. The summed E-state index contributed by atoms with van der Waals surface area (Å²) in [7, 11) is 0. The first-order chi connectivity index (χ1) is 12.7. The summed E-state index contributed by atoms with van der Waals surface area (Å²) in [6.07, 6.45) is 4.68. The second-order valence-electron chi connectivity index (χ2n) is 7.08. The number of phenolic OH excluding ortho intramolecular Hbond substituents is 1. The standard InChI is InChI=1S/C19H25N5O2/c25-16-7-4-3-6-15(16)19(26)23-12-10-22(11-13-23)14-18-21-20-17-8-2-1-5-9-24(17)18/h3-4,6-7,25H,1-2,5,8-14H2. The van der Waals surface area contributed by atoms with Crippen molar-refractivity contribution in [1.29, 1.82) is 0 Å². The summed E-state index contributed by atoms with van der Waals surface area (Å²) in [5.74, 6) is 2.11. The van der Waals surface area contributed by atoms with Crippen LogP contribution in [0, 0.1) is 0 Å². The largest absolute Gasteiger partial charge is 0.507 e. The Kier molecular flexibility index (Phi) is 4.88. The molecule has 2 aliphatic rings. The van der Waals surface area contributed by atoms with Gasteiger partial charge in [-0.05, 0) is 25.0 Å². The molecule has 0 atom stereocenters. The molecule has 0 radical (unpaired) electrons. The molecule has 138 valence electrons. The number of rotatable bonds is 3. The smallest absolute Gasteiger partial charge is 0.257 e. The molecular weight excluding hydrogens is 330 g/mol. The van der Waals surface area contributed by atoms with E-state index < -0.39 is 0 Å². The number of aryl methyl sites for hydroxylation is 1. The minimum absolute atomic E-state index is 0.0473. The van der Waals surface area contributed by atoms with Crippen molar-refractivity contribution in [3.63, 3.8) is 0 Å². The van der Waals surface area contributed by atoms with E-state index in [1.165, 1.54) is 19.3 Å². The summed E-state index contributed by atoms with van der Waals surface area (Å²) < 4.78 is 2.28. The Balaban J connectivity index is 1.36. The van der Waals surface area contributed by atoms with E-state index in [-0.39, 0.29) is 11.7 Å². The second kappa shape index (κ2) is 7.45. The van der Waals surface area contributed by atoms with E-state index in [0.29, 0.717) is 18.7 Å². The molecule has 1 N–H and O–H groups in total. The van der Waals surface area contributed by atoms with Gasteiger partial charge in [-0.2, -0.15) is 0 Å². The van der Waals surface area contributed by atoms with E-state index in [2.05, 4.69) is 19.7 Å². The van der Waals surface area contributed by atoms with Crippen molar-refractivity contribution in [2.24, 2.45) is 0 Å². The number of hydrogen-bond donors (Lipinski definition) is 1. The predicted octanol–water partition coefficient (Wildman–Crippen LogP) is 1.67. The molecule has 0 bridgehead atoms. The lowest BCUT2D eigenvalue weighted by Crippen LogP contribution is -2.48. The van der Waals surface area contributed by atoms with Crippen LogP contribution in [0.25, 0.3) is 0 Å². The fraction of sp³-hybridized carbons (Fsp3) is 0.526. The first-order valence-electron chi connectivity index (χ1n) is 9.43. The van der Waals surface area contributed by atoms with Crippen LogP contribution in [0.3, 0.4) is 0 Å². The van der Waals surface area contributed by atoms with Gasteiger partial charge in [-0.25, -0.2) is 0 Å². The molecule has 0 saturated carbocycles. The van der Waals surface area contributed by atoms with Crippen LogP contribution in [0.5, 0.6) is 5.75 Å². The topological polar surface area (TPSA) is 74.5 Å². The van der Waals surface area contributed by atoms with Crippen LogP contribution in [0.2, 0.25) is 0 Å². The molecule has 1 fully saturated rings. The number of carbonyl (C=O) groups excluding carboxylic acids is 1. The molecule has 4 rings (SSSR count). The number of amides is 1. The third kappa shape index (κ3) is 3.44. The molecule has 2 aromatic rings. The minimum Gasteiger partial charge on any atom is -0.507 e. The second-order valence-corrected chi connectivity index (χ2v) is 7.08.